The SMILES string of the molecule is CCN(Cc1ccccn1)S(=O)(=O)CC(C)c1ccccc1. The van der Waals surface area contributed by atoms with Gasteiger partial charge in [0, 0.05) is 12.7 Å². The van der Waals surface area contributed by atoms with Gasteiger partial charge in [-0.25, -0.2) is 8.42 Å². The molecule has 2 aromatic rings. The molecule has 118 valence electrons. The number of hydrogen-bond acceptors (Lipinski definition) is 3. The molecule has 1 aromatic carbocycles. The third-order valence-corrected chi connectivity index (χ3v) is 5.74. The lowest BCUT2D eigenvalue weighted by atomic mass is 10.0. The van der Waals surface area contributed by atoms with E-state index in [9.17, 15) is 8.42 Å². The van der Waals surface area contributed by atoms with E-state index in [1.807, 2.05) is 62.4 Å². The molecular weight excluding hydrogens is 296 g/mol. The Balaban J connectivity index is 2.10. The van der Waals surface area contributed by atoms with Crippen LogP contribution < -0.4 is 0 Å². The van der Waals surface area contributed by atoms with Gasteiger partial charge in [0.25, 0.3) is 0 Å². The van der Waals surface area contributed by atoms with Crippen molar-refractivity contribution in [3.8, 4) is 0 Å². The van der Waals surface area contributed by atoms with Gasteiger partial charge in [-0.15, -0.1) is 0 Å². The minimum Gasteiger partial charge on any atom is -0.260 e. The fourth-order valence-electron chi connectivity index (χ4n) is 2.38. The van der Waals surface area contributed by atoms with Crippen LogP contribution in [-0.2, 0) is 16.6 Å². The fraction of sp³-hybridized carbons (Fsp3) is 0.353. The van der Waals surface area contributed by atoms with Gasteiger partial charge in [-0.2, -0.15) is 4.31 Å². The number of benzene rings is 1. The quantitative estimate of drug-likeness (QED) is 0.788. The second-order valence-electron chi connectivity index (χ2n) is 5.34. The lowest BCUT2D eigenvalue weighted by Crippen LogP contribution is -2.34. The van der Waals surface area contributed by atoms with Crippen molar-refractivity contribution >= 4 is 10.0 Å². The molecule has 1 atom stereocenters. The van der Waals surface area contributed by atoms with E-state index < -0.39 is 10.0 Å². The van der Waals surface area contributed by atoms with Crippen LogP contribution in [0.4, 0.5) is 0 Å². The van der Waals surface area contributed by atoms with Crippen LogP contribution in [0.1, 0.15) is 31.0 Å². The monoisotopic (exact) mass is 318 g/mol. The van der Waals surface area contributed by atoms with Crippen LogP contribution in [0.2, 0.25) is 0 Å². The zero-order chi connectivity index (χ0) is 16.0. The van der Waals surface area contributed by atoms with Crippen molar-refractivity contribution in [1.29, 1.82) is 0 Å². The maximum atomic E-state index is 12.6. The normalized spacial score (nSPS) is 13.2. The molecule has 0 saturated heterocycles. The van der Waals surface area contributed by atoms with Gasteiger partial charge in [0.15, 0.2) is 0 Å². The molecule has 0 aliphatic rings. The van der Waals surface area contributed by atoms with Crippen LogP contribution in [0, 0.1) is 0 Å². The van der Waals surface area contributed by atoms with Gasteiger partial charge in [0.05, 0.1) is 18.0 Å². The lowest BCUT2D eigenvalue weighted by molar-refractivity contribution is 0.417. The molecule has 1 heterocycles. The smallest absolute Gasteiger partial charge is 0.215 e. The maximum Gasteiger partial charge on any atom is 0.215 e. The molecule has 0 fully saturated rings. The third-order valence-electron chi connectivity index (χ3n) is 3.64. The van der Waals surface area contributed by atoms with Crippen LogP contribution in [0.25, 0.3) is 0 Å². The molecule has 5 heteroatoms. The van der Waals surface area contributed by atoms with E-state index in [4.69, 9.17) is 0 Å². The van der Waals surface area contributed by atoms with E-state index in [1.54, 1.807) is 6.20 Å². The van der Waals surface area contributed by atoms with Gasteiger partial charge in [-0.1, -0.05) is 50.2 Å². The second-order valence-corrected chi connectivity index (χ2v) is 7.35. The van der Waals surface area contributed by atoms with Crippen molar-refractivity contribution in [1.82, 2.24) is 9.29 Å². The summed E-state index contributed by atoms with van der Waals surface area (Å²) in [5, 5.41) is 0. The number of pyridine rings is 1. The van der Waals surface area contributed by atoms with E-state index in [0.29, 0.717) is 13.1 Å². The van der Waals surface area contributed by atoms with E-state index in [1.165, 1.54) is 4.31 Å². The molecule has 0 N–H and O–H groups in total. The summed E-state index contributed by atoms with van der Waals surface area (Å²) in [6.07, 6.45) is 1.68. The van der Waals surface area contributed by atoms with Crippen molar-refractivity contribution in [3.63, 3.8) is 0 Å². The van der Waals surface area contributed by atoms with Crippen molar-refractivity contribution in [2.24, 2.45) is 0 Å². The fourth-order valence-corrected chi connectivity index (χ4v) is 4.14. The third kappa shape index (κ3) is 4.39. The zero-order valence-corrected chi connectivity index (χ0v) is 13.8. The summed E-state index contributed by atoms with van der Waals surface area (Å²) in [6, 6.07) is 15.3. The number of aromatic nitrogens is 1. The molecular formula is C17H22N2O2S. The highest BCUT2D eigenvalue weighted by Gasteiger charge is 2.24. The summed E-state index contributed by atoms with van der Waals surface area (Å²) in [6.45, 7) is 4.57. The Morgan fingerprint density at radius 1 is 1.09 bits per heavy atom. The topological polar surface area (TPSA) is 50.3 Å². The summed E-state index contributed by atoms with van der Waals surface area (Å²) < 4.78 is 26.8. The highest BCUT2D eigenvalue weighted by atomic mass is 32.2. The van der Waals surface area contributed by atoms with Gasteiger partial charge in [0.1, 0.15) is 0 Å². The number of hydrogen-bond donors (Lipinski definition) is 0. The highest BCUT2D eigenvalue weighted by Crippen LogP contribution is 2.19. The summed E-state index contributed by atoms with van der Waals surface area (Å²) in [4.78, 5) is 4.21. The molecule has 0 saturated carbocycles. The van der Waals surface area contributed by atoms with Gasteiger partial charge in [-0.05, 0) is 23.6 Å². The predicted octanol–water partition coefficient (Wildman–Crippen LogP) is 3.04. The molecule has 2 rings (SSSR count). The van der Waals surface area contributed by atoms with E-state index >= 15 is 0 Å². The van der Waals surface area contributed by atoms with E-state index in [2.05, 4.69) is 4.98 Å². The molecule has 4 nitrogen and oxygen atoms in total. The van der Waals surface area contributed by atoms with Crippen LogP contribution in [0.5, 0.6) is 0 Å². The van der Waals surface area contributed by atoms with Gasteiger partial charge in [-0.3, -0.25) is 4.98 Å². The zero-order valence-electron chi connectivity index (χ0n) is 13.0. The van der Waals surface area contributed by atoms with Gasteiger partial charge in [0.2, 0.25) is 10.0 Å². The molecule has 1 aromatic heterocycles. The molecule has 0 amide bonds. The van der Waals surface area contributed by atoms with Crippen LogP contribution in [-0.4, -0.2) is 30.0 Å². The first-order valence-electron chi connectivity index (χ1n) is 7.45. The number of rotatable bonds is 7. The Morgan fingerprint density at radius 3 is 2.36 bits per heavy atom. The van der Waals surface area contributed by atoms with Crippen molar-refractivity contribution in [3.05, 3.63) is 66.0 Å². The van der Waals surface area contributed by atoms with E-state index in [0.717, 1.165) is 11.3 Å². The second kappa shape index (κ2) is 7.51. The minimum atomic E-state index is -3.32. The van der Waals surface area contributed by atoms with E-state index in [-0.39, 0.29) is 11.7 Å². The van der Waals surface area contributed by atoms with Crippen LogP contribution >= 0.6 is 0 Å². The number of nitrogens with zero attached hydrogens (tertiary/aromatic N) is 2. The summed E-state index contributed by atoms with van der Waals surface area (Å²) in [7, 11) is -3.32. The Morgan fingerprint density at radius 2 is 1.77 bits per heavy atom. The molecule has 0 aliphatic carbocycles. The molecule has 0 aliphatic heterocycles. The molecule has 0 spiro atoms. The largest absolute Gasteiger partial charge is 0.260 e. The van der Waals surface area contributed by atoms with Crippen LogP contribution in [0.3, 0.4) is 0 Å². The Labute approximate surface area is 132 Å². The van der Waals surface area contributed by atoms with Gasteiger partial charge < -0.3 is 0 Å². The number of sulfonamides is 1. The maximum absolute atomic E-state index is 12.6. The average molecular weight is 318 g/mol. The predicted molar refractivity (Wildman–Crippen MR) is 89.0 cm³/mol. The summed E-state index contributed by atoms with van der Waals surface area (Å²) in [5.41, 5.74) is 1.81. The van der Waals surface area contributed by atoms with Gasteiger partial charge >= 0.3 is 0 Å². The van der Waals surface area contributed by atoms with Crippen molar-refractivity contribution in [2.45, 2.75) is 26.3 Å². The first-order valence-corrected chi connectivity index (χ1v) is 9.06. The summed E-state index contributed by atoms with van der Waals surface area (Å²) in [5.74, 6) is 0.0708. The first-order chi connectivity index (χ1) is 10.5. The molecule has 1 unspecified atom stereocenters. The van der Waals surface area contributed by atoms with Crippen LogP contribution in [0.15, 0.2) is 54.7 Å². The van der Waals surface area contributed by atoms with Crippen molar-refractivity contribution in [2.75, 3.05) is 12.3 Å². The first kappa shape index (κ1) is 16.6. The van der Waals surface area contributed by atoms with Crippen molar-refractivity contribution < 1.29 is 8.42 Å². The lowest BCUT2D eigenvalue weighted by Gasteiger charge is -2.22. The molecule has 0 radical (unpaired) electrons. The molecule has 0 bridgehead atoms. The Hall–Kier alpha value is -1.72. The molecule has 22 heavy (non-hydrogen) atoms. The Bertz CT molecular complexity index is 672. The standard InChI is InChI=1S/C17H22N2O2S/c1-3-19(13-17-11-7-8-12-18-17)22(20,21)14-15(2)16-9-5-4-6-10-16/h4-12,15H,3,13-14H2,1-2H3. The highest BCUT2D eigenvalue weighted by molar-refractivity contribution is 7.89. The summed E-state index contributed by atoms with van der Waals surface area (Å²) >= 11 is 0. The average Bonchev–Trinajstić information content (AvgIpc) is 2.54. The Kier molecular flexibility index (Phi) is 5.69. The minimum absolute atomic E-state index is 0.0380.